The Labute approximate surface area is 251 Å². The Morgan fingerprint density at radius 2 is 1.60 bits per heavy atom. The van der Waals surface area contributed by atoms with E-state index in [-0.39, 0.29) is 24.2 Å². The predicted octanol–water partition coefficient (Wildman–Crippen LogP) is 3.32. The maximum Gasteiger partial charge on any atom is 0.410 e. The lowest BCUT2D eigenvalue weighted by atomic mass is 10.2. The fraction of sp³-hybridized carbons (Fsp3) is 0.483. The standard InChI is InChI=1S/C29H40N10O4/c1-4-42-28(40)38-17-14-35(15-18-38)23-8-6-22(7-9-23)32-27-33-26(30)39(34-27)24-10-11-31-25(20-24)36-12-5-13-37(19-16-36)29(41)43-21(2)3/h6-11,20-21H,4-5,12-19H2,1-3H3,(H3,30,32,33,34). The number of ether oxygens (including phenoxy) is 2. The monoisotopic (exact) mass is 592 g/mol. The molecule has 2 amide bonds. The number of anilines is 5. The highest BCUT2D eigenvalue weighted by molar-refractivity contribution is 5.69. The minimum atomic E-state index is -0.280. The van der Waals surface area contributed by atoms with Gasteiger partial charge in [0.05, 0.1) is 18.4 Å². The summed E-state index contributed by atoms with van der Waals surface area (Å²) < 4.78 is 12.1. The van der Waals surface area contributed by atoms with Crippen LogP contribution in [0.1, 0.15) is 27.2 Å². The average Bonchev–Trinajstić information content (AvgIpc) is 3.20. The van der Waals surface area contributed by atoms with Crippen molar-refractivity contribution in [2.24, 2.45) is 0 Å². The molecular weight excluding hydrogens is 552 g/mol. The van der Waals surface area contributed by atoms with Crippen LogP contribution in [-0.4, -0.2) is 107 Å². The van der Waals surface area contributed by atoms with Crippen LogP contribution < -0.4 is 20.9 Å². The van der Waals surface area contributed by atoms with Crippen molar-refractivity contribution in [3.63, 3.8) is 0 Å². The molecule has 0 unspecified atom stereocenters. The average molecular weight is 593 g/mol. The Morgan fingerprint density at radius 1 is 0.907 bits per heavy atom. The number of nitrogens with one attached hydrogen (secondary N) is 1. The summed E-state index contributed by atoms with van der Waals surface area (Å²) in [5.41, 5.74) is 8.89. The normalized spacial score (nSPS) is 15.8. The molecule has 14 heteroatoms. The van der Waals surface area contributed by atoms with Gasteiger partial charge in [-0.25, -0.2) is 14.6 Å². The van der Waals surface area contributed by atoms with E-state index >= 15 is 0 Å². The van der Waals surface area contributed by atoms with Gasteiger partial charge in [-0.3, -0.25) is 0 Å². The fourth-order valence-electron chi connectivity index (χ4n) is 5.13. The van der Waals surface area contributed by atoms with Crippen LogP contribution in [0.5, 0.6) is 0 Å². The first-order chi connectivity index (χ1) is 20.8. The molecule has 5 rings (SSSR count). The van der Waals surface area contributed by atoms with E-state index in [4.69, 9.17) is 15.2 Å². The van der Waals surface area contributed by atoms with Crippen molar-refractivity contribution in [1.29, 1.82) is 0 Å². The zero-order valence-corrected chi connectivity index (χ0v) is 25.0. The van der Waals surface area contributed by atoms with Gasteiger partial charge in [-0.2, -0.15) is 9.67 Å². The summed E-state index contributed by atoms with van der Waals surface area (Å²) in [6, 6.07) is 11.7. The van der Waals surface area contributed by atoms with E-state index in [2.05, 4.69) is 30.2 Å². The third kappa shape index (κ3) is 7.37. The van der Waals surface area contributed by atoms with Crippen molar-refractivity contribution >= 4 is 41.3 Å². The Bertz CT molecular complexity index is 1390. The van der Waals surface area contributed by atoms with Crippen molar-refractivity contribution in [2.75, 3.05) is 79.8 Å². The topological polar surface area (TPSA) is 147 Å². The zero-order valence-electron chi connectivity index (χ0n) is 25.0. The number of benzene rings is 1. The maximum absolute atomic E-state index is 12.4. The van der Waals surface area contributed by atoms with Crippen molar-refractivity contribution in [3.8, 4) is 5.69 Å². The van der Waals surface area contributed by atoms with Gasteiger partial charge in [-0.1, -0.05) is 0 Å². The second-order valence-electron chi connectivity index (χ2n) is 10.7. The molecule has 0 atom stereocenters. The van der Waals surface area contributed by atoms with Gasteiger partial charge < -0.3 is 40.1 Å². The van der Waals surface area contributed by atoms with Crippen molar-refractivity contribution in [3.05, 3.63) is 42.6 Å². The van der Waals surface area contributed by atoms with Crippen LogP contribution in [0.4, 0.5) is 38.7 Å². The van der Waals surface area contributed by atoms with Gasteiger partial charge in [-0.15, -0.1) is 5.10 Å². The molecule has 0 saturated carbocycles. The van der Waals surface area contributed by atoms with E-state index in [1.54, 1.807) is 20.7 Å². The highest BCUT2D eigenvalue weighted by Gasteiger charge is 2.23. The van der Waals surface area contributed by atoms with Gasteiger partial charge in [0.2, 0.25) is 11.9 Å². The predicted molar refractivity (Wildman–Crippen MR) is 164 cm³/mol. The molecule has 2 saturated heterocycles. The second-order valence-corrected chi connectivity index (χ2v) is 10.7. The van der Waals surface area contributed by atoms with E-state index in [1.165, 1.54) is 0 Å². The van der Waals surface area contributed by atoms with E-state index in [9.17, 15) is 9.59 Å². The van der Waals surface area contributed by atoms with Crippen LogP contribution in [0, 0.1) is 0 Å². The molecule has 14 nitrogen and oxygen atoms in total. The largest absolute Gasteiger partial charge is 0.450 e. The zero-order chi connectivity index (χ0) is 30.3. The van der Waals surface area contributed by atoms with Gasteiger partial charge in [0.1, 0.15) is 5.82 Å². The van der Waals surface area contributed by atoms with Crippen molar-refractivity contribution < 1.29 is 19.1 Å². The van der Waals surface area contributed by atoms with E-state index in [0.717, 1.165) is 48.9 Å². The van der Waals surface area contributed by atoms with E-state index in [1.807, 2.05) is 57.2 Å². The third-order valence-electron chi connectivity index (χ3n) is 7.31. The van der Waals surface area contributed by atoms with Gasteiger partial charge in [0.25, 0.3) is 0 Å². The lowest BCUT2D eigenvalue weighted by Crippen LogP contribution is -2.49. The van der Waals surface area contributed by atoms with Gasteiger partial charge in [0, 0.05) is 76.0 Å². The molecular formula is C29H40N10O4. The summed E-state index contributed by atoms with van der Waals surface area (Å²) >= 11 is 0. The van der Waals surface area contributed by atoms with Crippen LogP contribution in [0.2, 0.25) is 0 Å². The lowest BCUT2D eigenvalue weighted by Gasteiger charge is -2.35. The molecule has 3 N–H and O–H groups in total. The molecule has 2 aliphatic rings. The third-order valence-corrected chi connectivity index (χ3v) is 7.31. The summed E-state index contributed by atoms with van der Waals surface area (Å²) in [6.07, 6.45) is 1.84. The Morgan fingerprint density at radius 3 is 2.30 bits per heavy atom. The summed E-state index contributed by atoms with van der Waals surface area (Å²) in [7, 11) is 0. The SMILES string of the molecule is CCOC(=O)N1CCN(c2ccc(Nc3nc(N)n(-c4ccnc(N5CCCN(C(=O)OC(C)C)CC5)c4)n3)cc2)CC1. The lowest BCUT2D eigenvalue weighted by molar-refractivity contribution is 0.0788. The molecule has 1 aromatic carbocycles. The first-order valence-electron chi connectivity index (χ1n) is 14.7. The van der Waals surface area contributed by atoms with Crippen LogP contribution in [0.15, 0.2) is 42.6 Å². The highest BCUT2D eigenvalue weighted by atomic mass is 16.6. The molecule has 230 valence electrons. The number of carbonyl (C=O) groups excluding carboxylic acids is 2. The van der Waals surface area contributed by atoms with Gasteiger partial charge in [0.15, 0.2) is 0 Å². The molecule has 2 fully saturated rings. The van der Waals surface area contributed by atoms with Gasteiger partial charge >= 0.3 is 12.2 Å². The molecule has 0 aliphatic carbocycles. The van der Waals surface area contributed by atoms with Crippen LogP contribution in [0.25, 0.3) is 5.69 Å². The molecule has 0 radical (unpaired) electrons. The number of aromatic nitrogens is 4. The fourth-order valence-corrected chi connectivity index (χ4v) is 5.13. The number of nitrogens with two attached hydrogens (primary N) is 1. The molecule has 43 heavy (non-hydrogen) atoms. The number of piperazine rings is 1. The number of hydrogen-bond donors (Lipinski definition) is 2. The summed E-state index contributed by atoms with van der Waals surface area (Å²) in [4.78, 5) is 41.2. The molecule has 4 heterocycles. The Kier molecular flexibility index (Phi) is 9.32. The number of rotatable bonds is 7. The second kappa shape index (κ2) is 13.5. The summed E-state index contributed by atoms with van der Waals surface area (Å²) in [6.45, 7) is 11.2. The number of carbonyl (C=O) groups is 2. The number of nitrogen functional groups attached to an aromatic ring is 1. The van der Waals surface area contributed by atoms with E-state index < -0.39 is 0 Å². The molecule has 0 bridgehead atoms. The van der Waals surface area contributed by atoms with Gasteiger partial charge in [-0.05, 0) is 57.5 Å². The Hall–Kier alpha value is -4.75. The van der Waals surface area contributed by atoms with Crippen molar-refractivity contribution in [1.82, 2.24) is 29.5 Å². The number of amides is 2. The molecule has 0 spiro atoms. The number of nitrogens with zero attached hydrogens (tertiary/aromatic N) is 8. The maximum atomic E-state index is 12.4. The number of hydrogen-bond acceptors (Lipinski definition) is 11. The Balaban J connectivity index is 1.20. The molecule has 2 aliphatic heterocycles. The molecule has 2 aromatic heterocycles. The summed E-state index contributed by atoms with van der Waals surface area (Å²) in [5.74, 6) is 1.40. The smallest absolute Gasteiger partial charge is 0.410 e. The molecule has 3 aromatic rings. The minimum absolute atomic E-state index is 0.149. The van der Waals surface area contributed by atoms with Crippen LogP contribution in [-0.2, 0) is 9.47 Å². The van der Waals surface area contributed by atoms with Crippen molar-refractivity contribution in [2.45, 2.75) is 33.3 Å². The quantitative estimate of drug-likeness (QED) is 0.416. The minimum Gasteiger partial charge on any atom is -0.450 e. The number of pyridine rings is 1. The summed E-state index contributed by atoms with van der Waals surface area (Å²) in [5, 5.41) is 7.82. The highest BCUT2D eigenvalue weighted by Crippen LogP contribution is 2.24. The first kappa shape index (κ1) is 29.7. The van der Waals surface area contributed by atoms with E-state index in [0.29, 0.717) is 45.3 Å². The van der Waals surface area contributed by atoms with Crippen LogP contribution >= 0.6 is 0 Å². The van der Waals surface area contributed by atoms with Crippen LogP contribution in [0.3, 0.4) is 0 Å². The first-order valence-corrected chi connectivity index (χ1v) is 14.7.